The lowest BCUT2D eigenvalue weighted by Gasteiger charge is -2.12. The number of aromatic amines is 1. The van der Waals surface area contributed by atoms with Gasteiger partial charge in [0.1, 0.15) is 5.52 Å². The lowest BCUT2D eigenvalue weighted by atomic mass is 10.1. The number of fused-ring (bicyclic) bond motifs is 3. The number of nitrogens with one attached hydrogen (secondary N) is 2. The highest BCUT2D eigenvalue weighted by atomic mass is 16.5. The van der Waals surface area contributed by atoms with Gasteiger partial charge in [-0.3, -0.25) is 14.5 Å². The van der Waals surface area contributed by atoms with Crippen LogP contribution < -0.4 is 20.3 Å². The van der Waals surface area contributed by atoms with Gasteiger partial charge in [0.05, 0.1) is 30.7 Å². The largest absolute Gasteiger partial charge is 0.493 e. The van der Waals surface area contributed by atoms with Gasteiger partial charge in [-0.2, -0.15) is 10.1 Å². The zero-order valence-electron chi connectivity index (χ0n) is 18.2. The Bertz CT molecular complexity index is 1490. The van der Waals surface area contributed by atoms with Crippen LogP contribution in [0.1, 0.15) is 5.56 Å². The third-order valence-corrected chi connectivity index (χ3v) is 5.47. The molecule has 5 aromatic rings. The molecule has 0 fully saturated rings. The molecular weight excluding hydrogens is 420 g/mol. The molecule has 0 bridgehead atoms. The van der Waals surface area contributed by atoms with Crippen LogP contribution in [0.4, 0.5) is 5.95 Å². The maximum absolute atomic E-state index is 13.2. The van der Waals surface area contributed by atoms with E-state index in [0.29, 0.717) is 45.9 Å². The second-order valence-corrected chi connectivity index (χ2v) is 7.42. The highest BCUT2D eigenvalue weighted by Crippen LogP contribution is 2.28. The molecule has 0 atom stereocenters. The Morgan fingerprint density at radius 1 is 1.03 bits per heavy atom. The minimum Gasteiger partial charge on any atom is -0.493 e. The molecule has 3 aromatic heterocycles. The van der Waals surface area contributed by atoms with Gasteiger partial charge in [0.15, 0.2) is 17.1 Å². The second kappa shape index (κ2) is 8.62. The first-order valence-corrected chi connectivity index (χ1v) is 10.4. The number of anilines is 1. The highest BCUT2D eigenvalue weighted by molar-refractivity contribution is 6.02. The molecule has 0 spiro atoms. The van der Waals surface area contributed by atoms with E-state index in [9.17, 15) is 4.79 Å². The number of pyridine rings is 1. The molecule has 9 heteroatoms. The van der Waals surface area contributed by atoms with Crippen molar-refractivity contribution in [2.24, 2.45) is 0 Å². The van der Waals surface area contributed by atoms with Gasteiger partial charge in [0, 0.05) is 18.9 Å². The molecule has 9 nitrogen and oxygen atoms in total. The fourth-order valence-electron chi connectivity index (χ4n) is 3.84. The summed E-state index contributed by atoms with van der Waals surface area (Å²) in [6, 6.07) is 15.2. The predicted octanol–water partition coefficient (Wildman–Crippen LogP) is 3.33. The predicted molar refractivity (Wildman–Crippen MR) is 127 cm³/mol. The molecule has 0 aliphatic heterocycles. The molecule has 0 unspecified atom stereocenters. The van der Waals surface area contributed by atoms with E-state index in [-0.39, 0.29) is 5.56 Å². The average Bonchev–Trinajstić information content (AvgIpc) is 3.35. The molecule has 0 aliphatic carbocycles. The van der Waals surface area contributed by atoms with Crippen molar-refractivity contribution in [1.82, 2.24) is 24.7 Å². The van der Waals surface area contributed by atoms with Gasteiger partial charge in [-0.05, 0) is 36.2 Å². The van der Waals surface area contributed by atoms with Crippen molar-refractivity contribution in [3.63, 3.8) is 0 Å². The number of methoxy groups -OCH3 is 2. The lowest BCUT2D eigenvalue weighted by molar-refractivity contribution is 0.354. The second-order valence-electron chi connectivity index (χ2n) is 7.42. The summed E-state index contributed by atoms with van der Waals surface area (Å²) in [7, 11) is 3.23. The van der Waals surface area contributed by atoms with Gasteiger partial charge in [-0.15, -0.1) is 0 Å². The summed E-state index contributed by atoms with van der Waals surface area (Å²) in [5, 5.41) is 11.5. The Morgan fingerprint density at radius 2 is 1.85 bits per heavy atom. The Hall–Kier alpha value is -4.40. The maximum Gasteiger partial charge on any atom is 0.267 e. The van der Waals surface area contributed by atoms with Crippen LogP contribution in [-0.4, -0.2) is 45.5 Å². The topological polar surface area (TPSA) is 107 Å². The summed E-state index contributed by atoms with van der Waals surface area (Å²) < 4.78 is 12.3. The maximum atomic E-state index is 13.2. The standard InChI is InChI=1S/C24H22N6O3/c1-32-19-9-8-15(12-20(19)33-2)10-11-25-24-26-13-17-21-18(14-27-29-21)23(31)30(22(17)28-24)16-6-4-3-5-7-16/h3-9,12-14H,10-11H2,1-2H3,(H,27,29)(H,25,26,28). The van der Waals surface area contributed by atoms with Crippen LogP contribution >= 0.6 is 0 Å². The molecule has 3 heterocycles. The van der Waals surface area contributed by atoms with Gasteiger partial charge in [-0.25, -0.2) is 4.98 Å². The van der Waals surface area contributed by atoms with Crippen LogP contribution in [0.2, 0.25) is 0 Å². The van der Waals surface area contributed by atoms with Crippen molar-refractivity contribution in [2.45, 2.75) is 6.42 Å². The summed E-state index contributed by atoms with van der Waals surface area (Å²) in [6.07, 6.45) is 4.03. The minimum atomic E-state index is -0.188. The Morgan fingerprint density at radius 3 is 2.64 bits per heavy atom. The Labute approximate surface area is 189 Å². The van der Waals surface area contributed by atoms with Crippen LogP contribution in [0.25, 0.3) is 27.6 Å². The van der Waals surface area contributed by atoms with Crippen LogP contribution in [0, 0.1) is 0 Å². The van der Waals surface area contributed by atoms with Gasteiger partial charge in [0.25, 0.3) is 5.56 Å². The number of H-pyrrole nitrogens is 1. The number of rotatable bonds is 7. The van der Waals surface area contributed by atoms with Gasteiger partial charge >= 0.3 is 0 Å². The number of benzene rings is 2. The van der Waals surface area contributed by atoms with Crippen molar-refractivity contribution in [1.29, 1.82) is 0 Å². The molecule has 0 radical (unpaired) electrons. The minimum absolute atomic E-state index is 0.188. The number of hydrogen-bond donors (Lipinski definition) is 2. The van der Waals surface area contributed by atoms with E-state index in [2.05, 4.69) is 25.5 Å². The molecule has 2 N–H and O–H groups in total. The monoisotopic (exact) mass is 442 g/mol. The van der Waals surface area contributed by atoms with Crippen molar-refractivity contribution in [3.05, 3.63) is 76.8 Å². The molecular formula is C24H22N6O3. The summed E-state index contributed by atoms with van der Waals surface area (Å²) in [6.45, 7) is 0.598. The molecule has 33 heavy (non-hydrogen) atoms. The first-order chi connectivity index (χ1) is 16.2. The highest BCUT2D eigenvalue weighted by Gasteiger charge is 2.16. The van der Waals surface area contributed by atoms with E-state index in [0.717, 1.165) is 17.7 Å². The van der Waals surface area contributed by atoms with Crippen molar-refractivity contribution < 1.29 is 9.47 Å². The van der Waals surface area contributed by atoms with E-state index in [1.165, 1.54) is 0 Å². The van der Waals surface area contributed by atoms with E-state index in [4.69, 9.17) is 9.47 Å². The van der Waals surface area contributed by atoms with Crippen molar-refractivity contribution in [3.8, 4) is 17.2 Å². The zero-order chi connectivity index (χ0) is 22.8. The fraction of sp³-hybridized carbons (Fsp3) is 0.167. The van der Waals surface area contributed by atoms with Crippen molar-refractivity contribution >= 4 is 27.9 Å². The van der Waals surface area contributed by atoms with Gasteiger partial charge < -0.3 is 14.8 Å². The quantitative estimate of drug-likeness (QED) is 0.398. The first kappa shape index (κ1) is 20.5. The fourth-order valence-corrected chi connectivity index (χ4v) is 3.84. The third kappa shape index (κ3) is 3.73. The smallest absolute Gasteiger partial charge is 0.267 e. The number of aromatic nitrogens is 5. The van der Waals surface area contributed by atoms with E-state index in [1.54, 1.807) is 31.2 Å². The van der Waals surface area contributed by atoms with Crippen LogP contribution in [0.15, 0.2) is 65.7 Å². The zero-order valence-corrected chi connectivity index (χ0v) is 18.2. The normalized spacial score (nSPS) is 11.1. The molecule has 0 saturated heterocycles. The third-order valence-electron chi connectivity index (χ3n) is 5.47. The SMILES string of the molecule is COc1ccc(CCNc2ncc3c4n[nH]cc4c(=O)n(-c4ccccc4)c3n2)cc1OC. The van der Waals surface area contributed by atoms with E-state index < -0.39 is 0 Å². The molecule has 0 aliphatic rings. The number of para-hydroxylation sites is 1. The summed E-state index contributed by atoms with van der Waals surface area (Å²) in [5.41, 5.74) is 2.67. The van der Waals surface area contributed by atoms with Crippen molar-refractivity contribution in [2.75, 3.05) is 26.1 Å². The number of ether oxygens (including phenoxy) is 2. The van der Waals surface area contributed by atoms with Crippen LogP contribution in [0.5, 0.6) is 11.5 Å². The molecule has 0 saturated carbocycles. The lowest BCUT2D eigenvalue weighted by Crippen LogP contribution is -2.20. The number of hydrogen-bond acceptors (Lipinski definition) is 7. The van der Waals surface area contributed by atoms with E-state index >= 15 is 0 Å². The summed E-state index contributed by atoms with van der Waals surface area (Å²) in [4.78, 5) is 22.4. The number of nitrogens with zero attached hydrogens (tertiary/aromatic N) is 4. The van der Waals surface area contributed by atoms with E-state index in [1.807, 2.05) is 48.5 Å². The van der Waals surface area contributed by atoms with Crippen LogP contribution in [0.3, 0.4) is 0 Å². The average molecular weight is 442 g/mol. The van der Waals surface area contributed by atoms with Crippen LogP contribution in [-0.2, 0) is 6.42 Å². The Balaban J connectivity index is 1.48. The molecule has 166 valence electrons. The van der Waals surface area contributed by atoms with Gasteiger partial charge in [-0.1, -0.05) is 24.3 Å². The molecule has 2 aromatic carbocycles. The summed E-state index contributed by atoms with van der Waals surface area (Å²) >= 11 is 0. The molecule has 0 amide bonds. The Kier molecular flexibility index (Phi) is 5.35. The first-order valence-electron chi connectivity index (χ1n) is 10.4. The summed E-state index contributed by atoms with van der Waals surface area (Å²) in [5.74, 6) is 1.81. The van der Waals surface area contributed by atoms with Gasteiger partial charge in [0.2, 0.25) is 5.95 Å². The molecule has 5 rings (SSSR count).